The molecule has 0 radical (unpaired) electrons. The largest absolute Gasteiger partial charge is 0.313 e. The molecule has 2 fully saturated rings. The van der Waals surface area contributed by atoms with E-state index in [0.717, 1.165) is 24.7 Å². The summed E-state index contributed by atoms with van der Waals surface area (Å²) in [6.45, 7) is 5.95. The molecule has 1 aliphatic heterocycles. The second kappa shape index (κ2) is 6.88. The van der Waals surface area contributed by atoms with Gasteiger partial charge < -0.3 is 10.2 Å². The third kappa shape index (κ3) is 3.46. The summed E-state index contributed by atoms with van der Waals surface area (Å²) in [6.07, 6.45) is 8.37. The third-order valence-electron chi connectivity index (χ3n) is 4.82. The van der Waals surface area contributed by atoms with Crippen LogP contribution in [-0.2, 0) is 0 Å². The van der Waals surface area contributed by atoms with Gasteiger partial charge in [0.05, 0.1) is 0 Å². The molecule has 3 unspecified atom stereocenters. The SMILES string of the molecule is CCNC1CCCCC1N1CCCC(N(C)C)C1. The molecule has 1 saturated carbocycles. The van der Waals surface area contributed by atoms with E-state index in [1.165, 1.54) is 51.6 Å². The standard InChI is InChI=1S/C15H31N3/c1-4-16-14-9-5-6-10-15(14)18-11-7-8-13(12-18)17(2)3/h13-16H,4-12H2,1-3H3. The first-order valence-corrected chi connectivity index (χ1v) is 7.86. The Hall–Kier alpha value is -0.120. The van der Waals surface area contributed by atoms with Gasteiger partial charge in [-0.15, -0.1) is 0 Å². The highest BCUT2D eigenvalue weighted by molar-refractivity contribution is 4.91. The minimum atomic E-state index is 0.740. The van der Waals surface area contributed by atoms with Crippen molar-refractivity contribution in [2.24, 2.45) is 0 Å². The molecule has 1 aliphatic carbocycles. The fourth-order valence-electron chi connectivity index (χ4n) is 3.75. The molecule has 0 aromatic heterocycles. The van der Waals surface area contributed by atoms with Crippen LogP contribution >= 0.6 is 0 Å². The van der Waals surface area contributed by atoms with Crippen molar-refractivity contribution in [2.75, 3.05) is 33.7 Å². The zero-order valence-corrected chi connectivity index (χ0v) is 12.5. The first kappa shape index (κ1) is 14.3. The zero-order valence-electron chi connectivity index (χ0n) is 12.5. The van der Waals surface area contributed by atoms with E-state index in [-0.39, 0.29) is 0 Å². The molecule has 1 heterocycles. The Balaban J connectivity index is 1.95. The van der Waals surface area contributed by atoms with Crippen molar-refractivity contribution in [3.05, 3.63) is 0 Å². The van der Waals surface area contributed by atoms with Gasteiger partial charge in [0.2, 0.25) is 0 Å². The molecule has 2 aliphatic rings. The molecule has 3 heteroatoms. The summed E-state index contributed by atoms with van der Waals surface area (Å²) in [5.74, 6) is 0. The molecule has 0 spiro atoms. The van der Waals surface area contributed by atoms with E-state index in [1.54, 1.807) is 0 Å². The van der Waals surface area contributed by atoms with Crippen LogP contribution in [0.3, 0.4) is 0 Å². The Morgan fingerprint density at radius 1 is 1.11 bits per heavy atom. The normalized spacial score (nSPS) is 35.0. The maximum absolute atomic E-state index is 3.72. The zero-order chi connectivity index (χ0) is 13.0. The monoisotopic (exact) mass is 253 g/mol. The lowest BCUT2D eigenvalue weighted by Gasteiger charge is -2.45. The van der Waals surface area contributed by atoms with Crippen LogP contribution in [0.25, 0.3) is 0 Å². The van der Waals surface area contributed by atoms with E-state index in [0.29, 0.717) is 0 Å². The van der Waals surface area contributed by atoms with Gasteiger partial charge in [-0.3, -0.25) is 4.90 Å². The van der Waals surface area contributed by atoms with Crippen LogP contribution in [0, 0.1) is 0 Å². The van der Waals surface area contributed by atoms with E-state index in [4.69, 9.17) is 0 Å². The van der Waals surface area contributed by atoms with E-state index in [9.17, 15) is 0 Å². The Morgan fingerprint density at radius 2 is 1.89 bits per heavy atom. The molecule has 0 aromatic carbocycles. The first-order chi connectivity index (χ1) is 8.72. The van der Waals surface area contributed by atoms with Crippen molar-refractivity contribution in [3.8, 4) is 0 Å². The number of rotatable bonds is 4. The minimum absolute atomic E-state index is 0.740. The predicted octanol–water partition coefficient (Wildman–Crippen LogP) is 1.93. The molecule has 0 amide bonds. The van der Waals surface area contributed by atoms with Crippen molar-refractivity contribution in [1.82, 2.24) is 15.1 Å². The number of nitrogens with one attached hydrogen (secondary N) is 1. The number of hydrogen-bond acceptors (Lipinski definition) is 3. The average molecular weight is 253 g/mol. The van der Waals surface area contributed by atoms with Crippen LogP contribution in [0.15, 0.2) is 0 Å². The lowest BCUT2D eigenvalue weighted by atomic mass is 9.87. The number of likely N-dealkylation sites (tertiary alicyclic amines) is 1. The molecule has 0 aromatic rings. The second-order valence-corrected chi connectivity index (χ2v) is 6.27. The molecule has 3 nitrogen and oxygen atoms in total. The van der Waals surface area contributed by atoms with Crippen LogP contribution in [0.1, 0.15) is 45.4 Å². The van der Waals surface area contributed by atoms with Gasteiger partial charge in [0.15, 0.2) is 0 Å². The molecule has 1 N–H and O–H groups in total. The Kier molecular flexibility index (Phi) is 5.46. The van der Waals surface area contributed by atoms with E-state index < -0.39 is 0 Å². The number of likely N-dealkylation sites (N-methyl/N-ethyl adjacent to an activating group) is 2. The van der Waals surface area contributed by atoms with Crippen LogP contribution in [0.2, 0.25) is 0 Å². The maximum Gasteiger partial charge on any atom is 0.0250 e. The van der Waals surface area contributed by atoms with Gasteiger partial charge in [0, 0.05) is 24.7 Å². The topological polar surface area (TPSA) is 18.5 Å². The Morgan fingerprint density at radius 3 is 2.61 bits per heavy atom. The summed E-state index contributed by atoms with van der Waals surface area (Å²) in [4.78, 5) is 5.19. The smallest absolute Gasteiger partial charge is 0.0250 e. The van der Waals surface area contributed by atoms with E-state index in [2.05, 4.69) is 36.1 Å². The number of hydrogen-bond donors (Lipinski definition) is 1. The van der Waals surface area contributed by atoms with E-state index >= 15 is 0 Å². The molecule has 0 bridgehead atoms. The minimum Gasteiger partial charge on any atom is -0.313 e. The first-order valence-electron chi connectivity index (χ1n) is 7.86. The van der Waals surface area contributed by atoms with Gasteiger partial charge in [-0.25, -0.2) is 0 Å². The summed E-state index contributed by atoms with van der Waals surface area (Å²) in [5, 5.41) is 3.72. The van der Waals surface area contributed by atoms with Crippen molar-refractivity contribution < 1.29 is 0 Å². The summed E-state index contributed by atoms with van der Waals surface area (Å²) in [5.41, 5.74) is 0. The van der Waals surface area contributed by atoms with Crippen molar-refractivity contribution in [1.29, 1.82) is 0 Å². The molecular formula is C15H31N3. The van der Waals surface area contributed by atoms with Crippen LogP contribution in [0.4, 0.5) is 0 Å². The van der Waals surface area contributed by atoms with Crippen LogP contribution in [-0.4, -0.2) is 61.7 Å². The number of nitrogens with zero attached hydrogens (tertiary/aromatic N) is 2. The lowest BCUT2D eigenvalue weighted by Crippen LogP contribution is -2.56. The summed E-state index contributed by atoms with van der Waals surface area (Å²) < 4.78 is 0. The summed E-state index contributed by atoms with van der Waals surface area (Å²) in [7, 11) is 4.47. The molecule has 3 atom stereocenters. The van der Waals surface area contributed by atoms with E-state index in [1.807, 2.05) is 0 Å². The molecule has 18 heavy (non-hydrogen) atoms. The average Bonchev–Trinajstić information content (AvgIpc) is 2.40. The van der Waals surface area contributed by atoms with Crippen LogP contribution in [0.5, 0.6) is 0 Å². The fourth-order valence-corrected chi connectivity index (χ4v) is 3.75. The highest BCUT2D eigenvalue weighted by atomic mass is 15.2. The summed E-state index contributed by atoms with van der Waals surface area (Å²) >= 11 is 0. The van der Waals surface area contributed by atoms with Crippen molar-refractivity contribution >= 4 is 0 Å². The molecule has 1 saturated heterocycles. The second-order valence-electron chi connectivity index (χ2n) is 6.27. The third-order valence-corrected chi connectivity index (χ3v) is 4.82. The molecule has 2 rings (SSSR count). The molecule has 106 valence electrons. The van der Waals surface area contributed by atoms with Gasteiger partial charge in [0.1, 0.15) is 0 Å². The van der Waals surface area contributed by atoms with Gasteiger partial charge in [-0.1, -0.05) is 19.8 Å². The van der Waals surface area contributed by atoms with Crippen molar-refractivity contribution in [2.45, 2.75) is 63.6 Å². The van der Waals surface area contributed by atoms with Gasteiger partial charge in [-0.05, 0) is 52.9 Å². The van der Waals surface area contributed by atoms with Crippen LogP contribution < -0.4 is 5.32 Å². The predicted molar refractivity (Wildman–Crippen MR) is 78.0 cm³/mol. The highest BCUT2D eigenvalue weighted by Gasteiger charge is 2.32. The van der Waals surface area contributed by atoms with Crippen molar-refractivity contribution in [3.63, 3.8) is 0 Å². The lowest BCUT2D eigenvalue weighted by molar-refractivity contribution is 0.0611. The Labute approximate surface area is 113 Å². The Bertz CT molecular complexity index is 240. The summed E-state index contributed by atoms with van der Waals surface area (Å²) in [6, 6.07) is 2.30. The quantitative estimate of drug-likeness (QED) is 0.826. The highest BCUT2D eigenvalue weighted by Crippen LogP contribution is 2.26. The van der Waals surface area contributed by atoms with Gasteiger partial charge in [-0.2, -0.15) is 0 Å². The fraction of sp³-hybridized carbons (Fsp3) is 1.00. The van der Waals surface area contributed by atoms with Gasteiger partial charge >= 0.3 is 0 Å². The number of piperidine rings is 1. The maximum atomic E-state index is 3.72. The van der Waals surface area contributed by atoms with Gasteiger partial charge in [0.25, 0.3) is 0 Å². The molecular weight excluding hydrogens is 222 g/mol.